The highest BCUT2D eigenvalue weighted by molar-refractivity contribution is 14.1. The molecule has 0 saturated heterocycles. The summed E-state index contributed by atoms with van der Waals surface area (Å²) in [5, 5.41) is 18.3. The SMILES string of the molecule is C=Cc1cc2c(I)n[nH]c2cc1[N+](=O)[O-]. The van der Waals surface area contributed by atoms with Crippen molar-refractivity contribution in [2.75, 3.05) is 0 Å². The Morgan fingerprint density at radius 2 is 2.33 bits per heavy atom. The fourth-order valence-corrected chi connectivity index (χ4v) is 1.93. The second-order valence-electron chi connectivity index (χ2n) is 2.93. The van der Waals surface area contributed by atoms with Gasteiger partial charge in [0.1, 0.15) is 3.70 Å². The lowest BCUT2D eigenvalue weighted by molar-refractivity contribution is -0.384. The Balaban J connectivity index is 2.82. The standard InChI is InChI=1S/C9H6IN3O2/c1-2-5-3-6-7(11-12-9(6)10)4-8(5)13(14)15/h2-4H,1H2,(H,11,12). The van der Waals surface area contributed by atoms with Crippen molar-refractivity contribution >= 4 is 45.3 Å². The fourth-order valence-electron chi connectivity index (χ4n) is 1.36. The van der Waals surface area contributed by atoms with Crippen LogP contribution < -0.4 is 0 Å². The van der Waals surface area contributed by atoms with Gasteiger partial charge in [0, 0.05) is 11.5 Å². The van der Waals surface area contributed by atoms with Gasteiger partial charge in [-0.2, -0.15) is 5.10 Å². The number of hydrogen-bond donors (Lipinski definition) is 1. The summed E-state index contributed by atoms with van der Waals surface area (Å²) in [6.45, 7) is 3.56. The molecule has 0 aliphatic heterocycles. The first-order chi connectivity index (χ1) is 7.13. The van der Waals surface area contributed by atoms with Gasteiger partial charge in [-0.15, -0.1) is 0 Å². The predicted octanol–water partition coefficient (Wildman–Crippen LogP) is 2.72. The molecule has 1 heterocycles. The van der Waals surface area contributed by atoms with Crippen molar-refractivity contribution in [2.24, 2.45) is 0 Å². The number of nitro groups is 1. The molecule has 1 aromatic heterocycles. The summed E-state index contributed by atoms with van der Waals surface area (Å²) >= 11 is 2.07. The summed E-state index contributed by atoms with van der Waals surface area (Å²) in [5.74, 6) is 0. The van der Waals surface area contributed by atoms with E-state index in [0.29, 0.717) is 11.1 Å². The third kappa shape index (κ3) is 1.60. The van der Waals surface area contributed by atoms with E-state index in [1.54, 1.807) is 6.07 Å². The Morgan fingerprint density at radius 3 is 2.93 bits per heavy atom. The number of halogens is 1. The lowest BCUT2D eigenvalue weighted by Crippen LogP contribution is -1.91. The van der Waals surface area contributed by atoms with E-state index in [9.17, 15) is 10.1 Å². The molecule has 6 heteroatoms. The van der Waals surface area contributed by atoms with E-state index in [-0.39, 0.29) is 5.69 Å². The van der Waals surface area contributed by atoms with Gasteiger partial charge in [-0.3, -0.25) is 15.2 Å². The normalized spacial score (nSPS) is 10.5. The number of nitrogens with one attached hydrogen (secondary N) is 1. The maximum Gasteiger partial charge on any atom is 0.278 e. The molecule has 0 radical (unpaired) electrons. The average molecular weight is 315 g/mol. The first-order valence-electron chi connectivity index (χ1n) is 4.08. The van der Waals surface area contributed by atoms with Crippen LogP contribution in [-0.4, -0.2) is 15.1 Å². The van der Waals surface area contributed by atoms with Gasteiger partial charge in [-0.25, -0.2) is 0 Å². The summed E-state index contributed by atoms with van der Waals surface area (Å²) in [6.07, 6.45) is 1.47. The lowest BCUT2D eigenvalue weighted by Gasteiger charge is -1.97. The Labute approximate surface area is 98.5 Å². The van der Waals surface area contributed by atoms with Crippen LogP contribution in [0.25, 0.3) is 17.0 Å². The van der Waals surface area contributed by atoms with E-state index in [2.05, 4.69) is 39.4 Å². The summed E-state index contributed by atoms with van der Waals surface area (Å²) in [6, 6.07) is 3.19. The molecule has 0 unspecified atom stereocenters. The molecule has 0 amide bonds. The molecular formula is C9H6IN3O2. The number of aromatic nitrogens is 2. The van der Waals surface area contributed by atoms with Crippen LogP contribution in [0.1, 0.15) is 5.56 Å². The molecule has 2 rings (SSSR count). The van der Waals surface area contributed by atoms with E-state index >= 15 is 0 Å². The van der Waals surface area contributed by atoms with Crippen molar-refractivity contribution in [3.05, 3.63) is 38.1 Å². The zero-order valence-electron chi connectivity index (χ0n) is 7.53. The van der Waals surface area contributed by atoms with Crippen LogP contribution >= 0.6 is 22.6 Å². The minimum absolute atomic E-state index is 0.0394. The fraction of sp³-hybridized carbons (Fsp3) is 0. The number of rotatable bonds is 2. The molecule has 0 bridgehead atoms. The van der Waals surface area contributed by atoms with Gasteiger partial charge in [-0.05, 0) is 28.7 Å². The molecule has 0 atom stereocenters. The largest absolute Gasteiger partial charge is 0.278 e. The lowest BCUT2D eigenvalue weighted by atomic mass is 10.1. The third-order valence-electron chi connectivity index (χ3n) is 2.08. The van der Waals surface area contributed by atoms with Crippen molar-refractivity contribution in [1.29, 1.82) is 0 Å². The zero-order chi connectivity index (χ0) is 11.0. The Bertz CT molecular complexity index is 562. The van der Waals surface area contributed by atoms with Crippen LogP contribution in [-0.2, 0) is 0 Å². The Morgan fingerprint density at radius 1 is 1.60 bits per heavy atom. The average Bonchev–Trinajstić information content (AvgIpc) is 2.58. The number of nitro benzene ring substituents is 1. The molecule has 1 aromatic carbocycles. The van der Waals surface area contributed by atoms with Crippen LogP contribution in [0.4, 0.5) is 5.69 Å². The molecule has 76 valence electrons. The number of hydrogen-bond acceptors (Lipinski definition) is 3. The topological polar surface area (TPSA) is 71.8 Å². The van der Waals surface area contributed by atoms with Crippen molar-refractivity contribution in [2.45, 2.75) is 0 Å². The first kappa shape index (κ1) is 10.1. The van der Waals surface area contributed by atoms with Crippen LogP contribution in [0, 0.1) is 13.8 Å². The number of fused-ring (bicyclic) bond motifs is 1. The summed E-state index contributed by atoms with van der Waals surface area (Å²) in [7, 11) is 0. The van der Waals surface area contributed by atoms with E-state index < -0.39 is 4.92 Å². The maximum atomic E-state index is 10.8. The van der Waals surface area contributed by atoms with E-state index in [1.807, 2.05) is 0 Å². The molecule has 1 N–H and O–H groups in total. The van der Waals surface area contributed by atoms with Crippen molar-refractivity contribution < 1.29 is 4.92 Å². The van der Waals surface area contributed by atoms with Gasteiger partial charge in [0.05, 0.1) is 16.0 Å². The van der Waals surface area contributed by atoms with Crippen molar-refractivity contribution in [3.63, 3.8) is 0 Å². The Hall–Kier alpha value is -1.44. The minimum atomic E-state index is -0.426. The number of aromatic amines is 1. The summed E-state index contributed by atoms with van der Waals surface area (Å²) in [4.78, 5) is 10.3. The summed E-state index contributed by atoms with van der Waals surface area (Å²) in [5.41, 5.74) is 1.21. The molecule has 0 aliphatic carbocycles. The van der Waals surface area contributed by atoms with Crippen LogP contribution in [0.3, 0.4) is 0 Å². The molecule has 2 aromatic rings. The van der Waals surface area contributed by atoms with E-state index in [4.69, 9.17) is 0 Å². The number of nitrogens with zero attached hydrogens (tertiary/aromatic N) is 2. The molecule has 0 fully saturated rings. The molecule has 0 aliphatic rings. The van der Waals surface area contributed by atoms with Gasteiger partial charge in [-0.1, -0.05) is 12.7 Å². The van der Waals surface area contributed by atoms with Crippen molar-refractivity contribution in [1.82, 2.24) is 10.2 Å². The van der Waals surface area contributed by atoms with E-state index in [0.717, 1.165) is 9.09 Å². The third-order valence-corrected chi connectivity index (χ3v) is 2.90. The molecule has 5 nitrogen and oxygen atoms in total. The van der Waals surface area contributed by atoms with Gasteiger partial charge < -0.3 is 0 Å². The highest BCUT2D eigenvalue weighted by Crippen LogP contribution is 2.27. The van der Waals surface area contributed by atoms with E-state index in [1.165, 1.54) is 12.1 Å². The zero-order valence-corrected chi connectivity index (χ0v) is 9.69. The monoisotopic (exact) mass is 315 g/mol. The molecule has 0 spiro atoms. The van der Waals surface area contributed by atoms with Crippen LogP contribution in [0.2, 0.25) is 0 Å². The van der Waals surface area contributed by atoms with Crippen LogP contribution in [0.15, 0.2) is 18.7 Å². The van der Waals surface area contributed by atoms with Gasteiger partial charge in [0.15, 0.2) is 0 Å². The second-order valence-corrected chi connectivity index (χ2v) is 3.95. The molecule has 0 saturated carbocycles. The molecule has 15 heavy (non-hydrogen) atoms. The van der Waals surface area contributed by atoms with Gasteiger partial charge >= 0.3 is 0 Å². The first-order valence-corrected chi connectivity index (χ1v) is 5.16. The highest BCUT2D eigenvalue weighted by atomic mass is 127. The maximum absolute atomic E-state index is 10.8. The quantitative estimate of drug-likeness (QED) is 0.526. The van der Waals surface area contributed by atoms with Gasteiger partial charge in [0.2, 0.25) is 0 Å². The van der Waals surface area contributed by atoms with Gasteiger partial charge in [0.25, 0.3) is 5.69 Å². The highest BCUT2D eigenvalue weighted by Gasteiger charge is 2.15. The summed E-state index contributed by atoms with van der Waals surface area (Å²) < 4.78 is 0.792. The predicted molar refractivity (Wildman–Crippen MR) is 65.6 cm³/mol. The van der Waals surface area contributed by atoms with Crippen LogP contribution in [0.5, 0.6) is 0 Å². The number of H-pyrrole nitrogens is 1. The number of benzene rings is 1. The Kier molecular flexibility index (Phi) is 2.43. The van der Waals surface area contributed by atoms with Crippen molar-refractivity contribution in [3.8, 4) is 0 Å². The minimum Gasteiger partial charge on any atom is -0.276 e. The smallest absolute Gasteiger partial charge is 0.276 e. The second kappa shape index (κ2) is 3.61. The molecular weight excluding hydrogens is 309 g/mol.